The van der Waals surface area contributed by atoms with Crippen molar-refractivity contribution >= 4 is 6.09 Å². The average molecular weight is 357 g/mol. The van der Waals surface area contributed by atoms with Crippen LogP contribution in [-0.4, -0.2) is 53.1 Å². The van der Waals surface area contributed by atoms with Crippen LogP contribution >= 0.6 is 0 Å². The number of β-amino-alcohol motifs (C(OH)–C–C–N with tert-alkyl or cyclic N) is 1. The largest absolute Gasteiger partial charge is 0.497 e. The lowest BCUT2D eigenvalue weighted by Crippen LogP contribution is -2.41. The Morgan fingerprint density at radius 3 is 2.42 bits per heavy atom. The Labute approximate surface area is 152 Å². The van der Waals surface area contributed by atoms with E-state index in [1.165, 1.54) is 4.90 Å². The van der Waals surface area contributed by atoms with Gasteiger partial charge in [0.25, 0.3) is 0 Å². The van der Waals surface area contributed by atoms with Gasteiger partial charge in [-0.3, -0.25) is 4.90 Å². The van der Waals surface area contributed by atoms with Crippen LogP contribution in [0.25, 0.3) is 0 Å². The van der Waals surface area contributed by atoms with Crippen molar-refractivity contribution in [3.05, 3.63) is 65.7 Å². The number of benzene rings is 2. The smallest absolute Gasteiger partial charge is 0.410 e. The van der Waals surface area contributed by atoms with Crippen LogP contribution < -0.4 is 4.74 Å². The van der Waals surface area contributed by atoms with Crippen LogP contribution in [0.2, 0.25) is 0 Å². The normalized spacial score (nSPS) is 22.3. The van der Waals surface area contributed by atoms with Crippen molar-refractivity contribution in [3.63, 3.8) is 0 Å². The lowest BCUT2D eigenvalue weighted by Gasteiger charge is -2.25. The number of aliphatic hydroxyl groups is 2. The molecule has 26 heavy (non-hydrogen) atoms. The molecule has 0 saturated carbocycles. The molecule has 6 nitrogen and oxygen atoms in total. The van der Waals surface area contributed by atoms with Crippen LogP contribution in [0.15, 0.2) is 54.6 Å². The highest BCUT2D eigenvalue weighted by molar-refractivity contribution is 5.69. The van der Waals surface area contributed by atoms with Crippen LogP contribution in [0.4, 0.5) is 4.79 Å². The molecule has 6 heteroatoms. The quantitative estimate of drug-likeness (QED) is 0.855. The second kappa shape index (κ2) is 8.21. The minimum Gasteiger partial charge on any atom is -0.497 e. The zero-order chi connectivity index (χ0) is 18.5. The fourth-order valence-corrected chi connectivity index (χ4v) is 3.13. The molecule has 1 heterocycles. The van der Waals surface area contributed by atoms with E-state index in [-0.39, 0.29) is 13.2 Å². The number of hydrogen-bond donors (Lipinski definition) is 2. The summed E-state index contributed by atoms with van der Waals surface area (Å²) in [5.41, 5.74) is 1.82. The van der Waals surface area contributed by atoms with E-state index in [4.69, 9.17) is 9.47 Å². The second-order valence-electron chi connectivity index (χ2n) is 6.37. The molecule has 0 bridgehead atoms. The van der Waals surface area contributed by atoms with Crippen molar-refractivity contribution in [1.82, 2.24) is 4.90 Å². The molecule has 0 unspecified atom stereocenters. The Hall–Kier alpha value is -2.57. The van der Waals surface area contributed by atoms with E-state index in [1.807, 2.05) is 54.6 Å². The summed E-state index contributed by atoms with van der Waals surface area (Å²) in [5, 5.41) is 20.3. The van der Waals surface area contributed by atoms with Gasteiger partial charge in [-0.25, -0.2) is 4.79 Å². The standard InChI is InChI=1S/C20H23NO5/c1-25-16-9-7-14(8-10-16)11-17-19(23)18(22)12-21(17)20(24)26-13-15-5-3-2-4-6-15/h2-10,17-19,22-23H,11-13H2,1H3/t17-,18-,19-/m1/s1. The number of carbonyl (C=O) groups excluding carboxylic acids is 1. The number of likely N-dealkylation sites (tertiary alicyclic amines) is 1. The number of carbonyl (C=O) groups is 1. The topological polar surface area (TPSA) is 79.2 Å². The Bertz CT molecular complexity index is 719. The average Bonchev–Trinajstić information content (AvgIpc) is 2.96. The maximum Gasteiger partial charge on any atom is 0.410 e. The summed E-state index contributed by atoms with van der Waals surface area (Å²) in [7, 11) is 1.59. The van der Waals surface area contributed by atoms with Gasteiger partial charge in [0, 0.05) is 0 Å². The van der Waals surface area contributed by atoms with Crippen LogP contribution in [-0.2, 0) is 17.8 Å². The van der Waals surface area contributed by atoms with E-state index in [9.17, 15) is 15.0 Å². The van der Waals surface area contributed by atoms with E-state index >= 15 is 0 Å². The molecule has 1 amide bonds. The van der Waals surface area contributed by atoms with Crippen molar-refractivity contribution in [2.45, 2.75) is 31.3 Å². The van der Waals surface area contributed by atoms with Gasteiger partial charge < -0.3 is 19.7 Å². The number of hydrogen-bond acceptors (Lipinski definition) is 5. The molecule has 0 aromatic heterocycles. The van der Waals surface area contributed by atoms with Crippen molar-refractivity contribution < 1.29 is 24.5 Å². The fourth-order valence-electron chi connectivity index (χ4n) is 3.13. The summed E-state index contributed by atoms with van der Waals surface area (Å²) >= 11 is 0. The van der Waals surface area contributed by atoms with Crippen molar-refractivity contribution in [2.75, 3.05) is 13.7 Å². The molecular weight excluding hydrogens is 334 g/mol. The number of rotatable bonds is 5. The molecule has 0 spiro atoms. The summed E-state index contributed by atoms with van der Waals surface area (Å²) in [4.78, 5) is 13.9. The molecule has 2 aromatic carbocycles. The monoisotopic (exact) mass is 357 g/mol. The number of ether oxygens (including phenoxy) is 2. The van der Waals surface area contributed by atoms with Gasteiger partial charge in [-0.1, -0.05) is 42.5 Å². The Morgan fingerprint density at radius 1 is 1.08 bits per heavy atom. The van der Waals surface area contributed by atoms with Crippen LogP contribution in [0, 0.1) is 0 Å². The molecule has 0 aliphatic carbocycles. The second-order valence-corrected chi connectivity index (χ2v) is 6.37. The van der Waals surface area contributed by atoms with Crippen LogP contribution in [0.5, 0.6) is 5.75 Å². The summed E-state index contributed by atoms with van der Waals surface area (Å²) in [6, 6.07) is 16.2. The maximum atomic E-state index is 12.5. The highest BCUT2D eigenvalue weighted by Gasteiger charge is 2.43. The lowest BCUT2D eigenvalue weighted by molar-refractivity contribution is 0.0361. The number of amides is 1. The third kappa shape index (κ3) is 4.15. The SMILES string of the molecule is COc1ccc(C[C@@H]2[C@@H](O)[C@H](O)CN2C(=O)OCc2ccccc2)cc1. The zero-order valence-corrected chi connectivity index (χ0v) is 14.6. The molecule has 1 aliphatic rings. The third-order valence-electron chi connectivity index (χ3n) is 4.62. The van der Waals surface area contributed by atoms with Gasteiger partial charge in [0.15, 0.2) is 0 Å². The summed E-state index contributed by atoms with van der Waals surface area (Å²) in [6.07, 6.45) is -2.12. The molecule has 2 aromatic rings. The zero-order valence-electron chi connectivity index (χ0n) is 14.6. The molecular formula is C20H23NO5. The molecule has 138 valence electrons. The van der Waals surface area contributed by atoms with Gasteiger partial charge >= 0.3 is 6.09 Å². The Kier molecular flexibility index (Phi) is 5.75. The van der Waals surface area contributed by atoms with Crippen LogP contribution in [0.1, 0.15) is 11.1 Å². The van der Waals surface area contributed by atoms with Gasteiger partial charge in [0.05, 0.1) is 25.8 Å². The van der Waals surface area contributed by atoms with Crippen molar-refractivity contribution in [1.29, 1.82) is 0 Å². The van der Waals surface area contributed by atoms with E-state index in [2.05, 4.69) is 0 Å². The third-order valence-corrected chi connectivity index (χ3v) is 4.62. The van der Waals surface area contributed by atoms with E-state index in [0.717, 1.165) is 16.9 Å². The maximum absolute atomic E-state index is 12.5. The number of methoxy groups -OCH3 is 1. The molecule has 3 atom stereocenters. The molecule has 1 fully saturated rings. The first-order valence-electron chi connectivity index (χ1n) is 8.55. The van der Waals surface area contributed by atoms with Crippen molar-refractivity contribution in [2.24, 2.45) is 0 Å². The first-order valence-corrected chi connectivity index (χ1v) is 8.55. The Morgan fingerprint density at radius 2 is 1.77 bits per heavy atom. The van der Waals surface area contributed by atoms with Crippen molar-refractivity contribution in [3.8, 4) is 5.75 Å². The van der Waals surface area contributed by atoms with E-state index < -0.39 is 24.3 Å². The predicted molar refractivity (Wildman–Crippen MR) is 95.8 cm³/mol. The molecule has 2 N–H and O–H groups in total. The number of aliphatic hydroxyl groups excluding tert-OH is 2. The first kappa shape index (κ1) is 18.2. The summed E-state index contributed by atoms with van der Waals surface area (Å²) < 4.78 is 10.5. The van der Waals surface area contributed by atoms with E-state index in [1.54, 1.807) is 7.11 Å². The van der Waals surface area contributed by atoms with Gasteiger partial charge in [-0.2, -0.15) is 0 Å². The first-order chi connectivity index (χ1) is 12.6. The summed E-state index contributed by atoms with van der Waals surface area (Å²) in [6.45, 7) is 0.202. The fraction of sp³-hybridized carbons (Fsp3) is 0.350. The van der Waals surface area contributed by atoms with E-state index in [0.29, 0.717) is 6.42 Å². The van der Waals surface area contributed by atoms with Crippen LogP contribution in [0.3, 0.4) is 0 Å². The lowest BCUT2D eigenvalue weighted by atomic mass is 10.0. The molecule has 1 aliphatic heterocycles. The molecule has 3 rings (SSSR count). The van der Waals surface area contributed by atoms with Gasteiger partial charge in [0.1, 0.15) is 18.5 Å². The highest BCUT2D eigenvalue weighted by atomic mass is 16.6. The highest BCUT2D eigenvalue weighted by Crippen LogP contribution is 2.24. The molecule has 0 radical (unpaired) electrons. The molecule has 1 saturated heterocycles. The Balaban J connectivity index is 1.66. The number of nitrogens with zero attached hydrogens (tertiary/aromatic N) is 1. The summed E-state index contributed by atoms with van der Waals surface area (Å²) in [5.74, 6) is 0.736. The predicted octanol–water partition coefficient (Wildman–Crippen LogP) is 1.98. The van der Waals surface area contributed by atoms with Gasteiger partial charge in [0.2, 0.25) is 0 Å². The van der Waals surface area contributed by atoms with Gasteiger partial charge in [-0.15, -0.1) is 0 Å². The van der Waals surface area contributed by atoms with Gasteiger partial charge in [-0.05, 0) is 29.7 Å². The minimum absolute atomic E-state index is 0.0512. The minimum atomic E-state index is -1.01.